The Balaban J connectivity index is 2.41. The Bertz CT molecular complexity index is 508. The molecule has 0 unspecified atom stereocenters. The molecule has 2 rings (SSSR count). The van der Waals surface area contributed by atoms with Gasteiger partial charge in [0.15, 0.2) is 0 Å². The number of allylic oxidation sites excluding steroid dienone is 5. The monoisotopic (exact) mass is 241 g/mol. The van der Waals surface area contributed by atoms with Gasteiger partial charge in [0.1, 0.15) is 0 Å². The number of fused-ring (bicyclic) bond motifs is 1. The Morgan fingerprint density at radius 3 is 2.78 bits per heavy atom. The zero-order valence-electron chi connectivity index (χ0n) is 10.9. The van der Waals surface area contributed by atoms with Crippen LogP contribution in [0.15, 0.2) is 54.3 Å². The average Bonchev–Trinajstić information content (AvgIpc) is 2.38. The second kappa shape index (κ2) is 5.69. The van der Waals surface area contributed by atoms with Gasteiger partial charge in [-0.2, -0.15) is 0 Å². The number of hydrogen-bond acceptors (Lipinski definition) is 2. The van der Waals surface area contributed by atoms with Gasteiger partial charge < -0.3 is 10.0 Å². The fourth-order valence-electron chi connectivity index (χ4n) is 2.01. The molecular weight excluding hydrogens is 222 g/mol. The molecule has 1 aromatic rings. The van der Waals surface area contributed by atoms with Crippen molar-refractivity contribution in [2.45, 2.75) is 13.8 Å². The molecule has 1 aliphatic rings. The van der Waals surface area contributed by atoms with Crippen molar-refractivity contribution in [2.75, 3.05) is 18.1 Å². The highest BCUT2D eigenvalue weighted by Gasteiger charge is 2.14. The van der Waals surface area contributed by atoms with Gasteiger partial charge >= 0.3 is 0 Å². The van der Waals surface area contributed by atoms with E-state index in [4.69, 9.17) is 5.11 Å². The van der Waals surface area contributed by atoms with Gasteiger partial charge in [-0.25, -0.2) is 0 Å². The van der Waals surface area contributed by atoms with E-state index < -0.39 is 0 Å². The molecular formula is C16H19NO. The summed E-state index contributed by atoms with van der Waals surface area (Å²) in [6.07, 6.45) is 8.39. The lowest BCUT2D eigenvalue weighted by Crippen LogP contribution is -2.23. The molecule has 1 heterocycles. The summed E-state index contributed by atoms with van der Waals surface area (Å²) < 4.78 is 0. The van der Waals surface area contributed by atoms with Gasteiger partial charge in [-0.05, 0) is 31.6 Å². The normalized spacial score (nSPS) is 15.7. The van der Waals surface area contributed by atoms with Gasteiger partial charge in [-0.15, -0.1) is 0 Å². The molecule has 94 valence electrons. The van der Waals surface area contributed by atoms with Gasteiger partial charge in [0.05, 0.1) is 6.61 Å². The van der Waals surface area contributed by atoms with Gasteiger partial charge in [0.2, 0.25) is 0 Å². The predicted molar refractivity (Wildman–Crippen MR) is 77.4 cm³/mol. The highest BCUT2D eigenvalue weighted by atomic mass is 16.3. The number of hydrogen-bond donors (Lipinski definition) is 1. The van der Waals surface area contributed by atoms with E-state index in [0.717, 1.165) is 5.69 Å². The van der Waals surface area contributed by atoms with Crippen LogP contribution in [0.3, 0.4) is 0 Å². The van der Waals surface area contributed by atoms with Crippen molar-refractivity contribution in [3.8, 4) is 0 Å². The summed E-state index contributed by atoms with van der Waals surface area (Å²) in [6, 6.07) is 8.28. The van der Waals surface area contributed by atoms with Crippen LogP contribution in [0.4, 0.5) is 5.69 Å². The fourth-order valence-corrected chi connectivity index (χ4v) is 2.01. The molecule has 0 bridgehead atoms. The molecule has 18 heavy (non-hydrogen) atoms. The Morgan fingerprint density at radius 2 is 2.06 bits per heavy atom. The Hall–Kier alpha value is -1.80. The third-order valence-electron chi connectivity index (χ3n) is 2.90. The molecule has 1 N–H and O–H groups in total. The maximum atomic E-state index is 9.09. The summed E-state index contributed by atoms with van der Waals surface area (Å²) in [5.74, 6) is 0. The molecule has 2 heteroatoms. The first-order chi connectivity index (χ1) is 8.72. The summed E-state index contributed by atoms with van der Waals surface area (Å²) in [6.45, 7) is 4.97. The van der Waals surface area contributed by atoms with Crippen molar-refractivity contribution < 1.29 is 5.11 Å². The number of β-amino-alcohol motifs (C(OH)–C–C–N with tert-alkyl or cyclic N) is 1. The van der Waals surface area contributed by atoms with Crippen LogP contribution in [0.2, 0.25) is 0 Å². The van der Waals surface area contributed by atoms with Crippen LogP contribution in [-0.4, -0.2) is 18.3 Å². The Morgan fingerprint density at radius 1 is 1.28 bits per heavy atom. The van der Waals surface area contributed by atoms with E-state index in [2.05, 4.69) is 49.1 Å². The zero-order chi connectivity index (χ0) is 13.0. The summed E-state index contributed by atoms with van der Waals surface area (Å²) in [5.41, 5.74) is 4.86. The molecule has 0 atom stereocenters. The lowest BCUT2D eigenvalue weighted by atomic mass is 9.99. The topological polar surface area (TPSA) is 23.5 Å². The number of aliphatic hydroxyl groups excluding tert-OH is 1. The minimum Gasteiger partial charge on any atom is -0.395 e. The van der Waals surface area contributed by atoms with Crippen molar-refractivity contribution in [3.63, 3.8) is 0 Å². The summed E-state index contributed by atoms with van der Waals surface area (Å²) in [7, 11) is 0. The Labute approximate surface area is 109 Å². The summed E-state index contributed by atoms with van der Waals surface area (Å²) >= 11 is 0. The minimum absolute atomic E-state index is 0.158. The van der Waals surface area contributed by atoms with Crippen molar-refractivity contribution in [1.82, 2.24) is 0 Å². The van der Waals surface area contributed by atoms with Crippen molar-refractivity contribution in [1.29, 1.82) is 0 Å². The van der Waals surface area contributed by atoms with Gasteiger partial charge in [-0.1, -0.05) is 35.9 Å². The lowest BCUT2D eigenvalue weighted by Gasteiger charge is -2.26. The minimum atomic E-state index is 0.158. The summed E-state index contributed by atoms with van der Waals surface area (Å²) in [5, 5.41) is 9.09. The van der Waals surface area contributed by atoms with Crippen LogP contribution in [0, 0.1) is 0 Å². The zero-order valence-corrected chi connectivity index (χ0v) is 10.9. The average molecular weight is 241 g/mol. The van der Waals surface area contributed by atoms with Gasteiger partial charge in [0, 0.05) is 24.0 Å². The lowest BCUT2D eigenvalue weighted by molar-refractivity contribution is 0.305. The predicted octanol–water partition coefficient (Wildman–Crippen LogP) is 3.36. The number of rotatable bonds is 3. The van der Waals surface area contributed by atoms with Crippen LogP contribution < -0.4 is 4.90 Å². The largest absolute Gasteiger partial charge is 0.395 e. The maximum Gasteiger partial charge on any atom is 0.0610 e. The molecule has 0 spiro atoms. The van der Waals surface area contributed by atoms with E-state index in [-0.39, 0.29) is 6.61 Å². The second-order valence-corrected chi connectivity index (χ2v) is 4.62. The summed E-state index contributed by atoms with van der Waals surface area (Å²) in [4.78, 5) is 2.08. The first-order valence-corrected chi connectivity index (χ1v) is 6.22. The van der Waals surface area contributed by atoms with Crippen molar-refractivity contribution in [3.05, 3.63) is 59.8 Å². The van der Waals surface area contributed by atoms with Crippen LogP contribution in [-0.2, 0) is 0 Å². The molecule has 1 aromatic carbocycles. The molecule has 1 aliphatic heterocycles. The number of para-hydroxylation sites is 1. The number of anilines is 1. The van der Waals surface area contributed by atoms with Gasteiger partial charge in [-0.3, -0.25) is 0 Å². The molecule has 0 radical (unpaired) electrons. The van der Waals surface area contributed by atoms with Crippen LogP contribution >= 0.6 is 0 Å². The molecule has 2 nitrogen and oxygen atoms in total. The first-order valence-electron chi connectivity index (χ1n) is 6.22. The van der Waals surface area contributed by atoms with E-state index in [1.807, 2.05) is 18.3 Å². The number of nitrogens with zero attached hydrogens (tertiary/aromatic N) is 1. The number of benzene rings is 1. The second-order valence-electron chi connectivity index (χ2n) is 4.62. The highest BCUT2D eigenvalue weighted by Crippen LogP contribution is 2.32. The molecule has 0 amide bonds. The van der Waals surface area contributed by atoms with E-state index in [0.29, 0.717) is 6.54 Å². The first kappa shape index (κ1) is 12.7. The Kier molecular flexibility index (Phi) is 4.00. The third kappa shape index (κ3) is 2.71. The molecule has 0 aromatic heterocycles. The van der Waals surface area contributed by atoms with Crippen LogP contribution in [0.1, 0.15) is 19.4 Å². The fraction of sp³-hybridized carbons (Fsp3) is 0.250. The number of aliphatic hydroxyl groups is 1. The van der Waals surface area contributed by atoms with Gasteiger partial charge in [0.25, 0.3) is 0 Å². The molecule has 0 saturated carbocycles. The van der Waals surface area contributed by atoms with E-state index in [1.54, 1.807) is 0 Å². The smallest absolute Gasteiger partial charge is 0.0610 e. The SMILES string of the molecule is CC(C)=C/C=C1/C=CN(CCO)c2ccccc21. The van der Waals surface area contributed by atoms with Crippen LogP contribution in [0.25, 0.3) is 5.57 Å². The van der Waals surface area contributed by atoms with E-state index >= 15 is 0 Å². The van der Waals surface area contributed by atoms with Crippen molar-refractivity contribution >= 4 is 11.3 Å². The maximum absolute atomic E-state index is 9.09. The third-order valence-corrected chi connectivity index (χ3v) is 2.90. The molecule has 0 fully saturated rings. The van der Waals surface area contributed by atoms with E-state index in [1.165, 1.54) is 16.7 Å². The standard InChI is InChI=1S/C16H19NO/c1-13(2)7-8-14-9-10-17(11-12-18)16-6-4-3-5-15(14)16/h3-10,18H,11-12H2,1-2H3/b14-8-. The molecule has 0 aliphatic carbocycles. The van der Waals surface area contributed by atoms with Crippen molar-refractivity contribution in [2.24, 2.45) is 0 Å². The highest BCUT2D eigenvalue weighted by molar-refractivity contribution is 5.86. The quantitative estimate of drug-likeness (QED) is 0.877. The van der Waals surface area contributed by atoms with E-state index in [9.17, 15) is 0 Å². The molecule has 0 saturated heterocycles. The van der Waals surface area contributed by atoms with Crippen LogP contribution in [0.5, 0.6) is 0 Å².